The molecule has 7 rings (SSSR count). The molecule has 2 aliphatic heterocycles. The first-order chi connectivity index (χ1) is 22.7. The van der Waals surface area contributed by atoms with E-state index < -0.39 is 5.82 Å². The van der Waals surface area contributed by atoms with Crippen LogP contribution in [0.3, 0.4) is 0 Å². The van der Waals surface area contributed by atoms with Crippen LogP contribution in [-0.2, 0) is 16.6 Å². The smallest absolute Gasteiger partial charge is 0.319 e. The second-order valence-corrected chi connectivity index (χ2v) is 14.2. The van der Waals surface area contributed by atoms with E-state index in [0.29, 0.717) is 44.1 Å². The Balaban J connectivity index is 1.45. The summed E-state index contributed by atoms with van der Waals surface area (Å²) in [6, 6.07) is 2.30. The molecule has 0 amide bonds. The van der Waals surface area contributed by atoms with E-state index in [4.69, 9.17) is 29.2 Å². The van der Waals surface area contributed by atoms with Gasteiger partial charge in [0.15, 0.2) is 5.82 Å². The molecule has 2 saturated heterocycles. The lowest BCUT2D eigenvalue weighted by Gasteiger charge is -2.35. The summed E-state index contributed by atoms with van der Waals surface area (Å²) in [5.74, 6) is 0.301. The Morgan fingerprint density at radius 1 is 1.15 bits per heavy atom. The van der Waals surface area contributed by atoms with Crippen LogP contribution in [0.4, 0.5) is 10.2 Å². The fourth-order valence-electron chi connectivity index (χ4n) is 8.21. The average Bonchev–Trinajstić information content (AvgIpc) is 3.50. The van der Waals surface area contributed by atoms with Crippen molar-refractivity contribution in [3.63, 3.8) is 0 Å². The van der Waals surface area contributed by atoms with Crippen molar-refractivity contribution in [2.24, 2.45) is 0 Å². The molecule has 11 heteroatoms. The van der Waals surface area contributed by atoms with Crippen LogP contribution in [0.5, 0.6) is 11.9 Å². The van der Waals surface area contributed by atoms with Crippen LogP contribution in [0.25, 0.3) is 33.1 Å². The first-order valence-corrected chi connectivity index (χ1v) is 16.9. The van der Waals surface area contributed by atoms with E-state index in [0.717, 1.165) is 73.5 Å². The number of nitrogens with one attached hydrogen (secondary N) is 1. The van der Waals surface area contributed by atoms with Gasteiger partial charge in [-0.05, 0) is 68.2 Å². The minimum absolute atomic E-state index is 0.133. The number of likely N-dealkylation sites (N-methyl/N-ethyl adjacent to an activating group) is 1. The van der Waals surface area contributed by atoms with Crippen molar-refractivity contribution >= 4 is 27.6 Å². The van der Waals surface area contributed by atoms with Gasteiger partial charge in [0.2, 0.25) is 5.88 Å². The Morgan fingerprint density at radius 3 is 2.77 bits per heavy atom. The number of fused-ring (bicyclic) bond motifs is 3. The molecule has 1 N–H and O–H groups in total. The van der Waals surface area contributed by atoms with Crippen molar-refractivity contribution in [2.45, 2.75) is 76.7 Å². The summed E-state index contributed by atoms with van der Waals surface area (Å²) in [7, 11) is 3.68. The van der Waals surface area contributed by atoms with Gasteiger partial charge in [0.1, 0.15) is 29.0 Å². The van der Waals surface area contributed by atoms with Crippen molar-refractivity contribution in [1.82, 2.24) is 30.0 Å². The lowest BCUT2D eigenvalue weighted by atomic mass is 9.69. The third-order valence-electron chi connectivity index (χ3n) is 10.5. The quantitative estimate of drug-likeness (QED) is 0.220. The predicted octanol–water partition coefficient (Wildman–Crippen LogP) is 6.37. The monoisotopic (exact) mass is 643 g/mol. The van der Waals surface area contributed by atoms with Gasteiger partial charge >= 0.3 is 6.01 Å². The van der Waals surface area contributed by atoms with E-state index in [1.54, 1.807) is 13.3 Å². The summed E-state index contributed by atoms with van der Waals surface area (Å²) >= 11 is 0. The highest BCUT2D eigenvalue weighted by Crippen LogP contribution is 2.48. The van der Waals surface area contributed by atoms with Crippen LogP contribution in [0.15, 0.2) is 24.4 Å². The minimum atomic E-state index is -0.521. The molecule has 3 aromatic heterocycles. The molecule has 0 saturated carbocycles. The van der Waals surface area contributed by atoms with Crippen molar-refractivity contribution in [3.8, 4) is 23.1 Å². The first kappa shape index (κ1) is 31.8. The Bertz CT molecular complexity index is 1830. The highest BCUT2D eigenvalue weighted by Gasteiger charge is 2.41. The Hall–Kier alpha value is -3.83. The molecule has 0 bridgehead atoms. The van der Waals surface area contributed by atoms with E-state index >= 15 is 4.39 Å². The molecule has 47 heavy (non-hydrogen) atoms. The molecule has 1 aromatic carbocycles. The molecule has 1 atom stereocenters. The number of H-pyrrole nitrogens is 1. The van der Waals surface area contributed by atoms with Crippen LogP contribution in [0, 0.1) is 5.82 Å². The number of ether oxygens (including phenoxy) is 3. The minimum Gasteiger partial charge on any atom is -0.480 e. The van der Waals surface area contributed by atoms with Gasteiger partial charge in [-0.25, -0.2) is 9.37 Å². The molecule has 1 aliphatic carbocycles. The largest absolute Gasteiger partial charge is 0.480 e. The van der Waals surface area contributed by atoms with Gasteiger partial charge in [0.05, 0.1) is 31.0 Å². The Labute approximate surface area is 275 Å². The normalized spacial score (nSPS) is 21.7. The molecule has 4 aromatic rings. The highest BCUT2D eigenvalue weighted by atomic mass is 19.1. The van der Waals surface area contributed by atoms with Gasteiger partial charge in [-0.1, -0.05) is 39.3 Å². The number of pyridine rings is 1. The number of hydrogen-bond acceptors (Lipinski definition) is 9. The van der Waals surface area contributed by atoms with Crippen molar-refractivity contribution in [2.75, 3.05) is 58.5 Å². The topological polar surface area (TPSA) is 102 Å². The first-order valence-electron chi connectivity index (χ1n) is 16.9. The molecule has 3 aliphatic rings. The maximum absolute atomic E-state index is 17.4. The highest BCUT2D eigenvalue weighted by molar-refractivity contribution is 6.02. The van der Waals surface area contributed by atoms with Gasteiger partial charge in [-0.2, -0.15) is 15.1 Å². The van der Waals surface area contributed by atoms with Crippen LogP contribution < -0.4 is 14.4 Å². The standard InChI is InChI=1S/C36H46FN7O3/c1-7-11-36(18-22(2)20-43(36)5)21-47-34-40-31-27(32(41-34)44-13-9-15-46-16-14-44)33(45-6)39-30(29(31)37)26-24-19-38-42-25(24)17-23-10-8-12-35(3,4)28(23)26/h17,19H,2,7-16,18,20-21H2,1,3-6H3,(H,38,42). The second kappa shape index (κ2) is 12.3. The summed E-state index contributed by atoms with van der Waals surface area (Å²) in [5, 5.41) is 8.73. The van der Waals surface area contributed by atoms with Crippen molar-refractivity contribution in [1.29, 1.82) is 0 Å². The zero-order chi connectivity index (χ0) is 32.9. The lowest BCUT2D eigenvalue weighted by Crippen LogP contribution is -2.46. The van der Waals surface area contributed by atoms with Crippen LogP contribution in [-0.4, -0.2) is 89.2 Å². The molecule has 0 spiro atoms. The van der Waals surface area contributed by atoms with Crippen LogP contribution in [0.2, 0.25) is 0 Å². The zero-order valence-electron chi connectivity index (χ0n) is 28.3. The number of aromatic amines is 1. The van der Waals surface area contributed by atoms with Crippen LogP contribution in [0.1, 0.15) is 70.4 Å². The fraction of sp³-hybridized carbons (Fsp3) is 0.556. The average molecular weight is 644 g/mol. The number of anilines is 1. The molecule has 0 radical (unpaired) electrons. The maximum atomic E-state index is 17.4. The molecule has 2 fully saturated rings. The number of aromatic nitrogens is 5. The van der Waals surface area contributed by atoms with E-state index in [9.17, 15) is 0 Å². The van der Waals surface area contributed by atoms with Gasteiger partial charge in [-0.3, -0.25) is 10.00 Å². The van der Waals surface area contributed by atoms with Gasteiger partial charge < -0.3 is 19.1 Å². The maximum Gasteiger partial charge on any atom is 0.319 e. The van der Waals surface area contributed by atoms with Gasteiger partial charge in [0.25, 0.3) is 0 Å². The van der Waals surface area contributed by atoms with E-state index in [2.05, 4.69) is 60.5 Å². The molecular formula is C36H46FN7O3. The Kier molecular flexibility index (Phi) is 8.32. The third kappa shape index (κ3) is 5.51. The van der Waals surface area contributed by atoms with Gasteiger partial charge in [0, 0.05) is 37.2 Å². The summed E-state index contributed by atoms with van der Waals surface area (Å²) in [6.45, 7) is 14.6. The molecular weight excluding hydrogens is 597 g/mol. The fourth-order valence-corrected chi connectivity index (χ4v) is 8.21. The van der Waals surface area contributed by atoms with Crippen molar-refractivity contribution < 1.29 is 18.6 Å². The number of nitrogens with zero attached hydrogens (tertiary/aromatic N) is 6. The number of halogens is 1. The third-order valence-corrected chi connectivity index (χ3v) is 10.5. The number of methoxy groups -OCH3 is 1. The molecule has 10 nitrogen and oxygen atoms in total. The second-order valence-electron chi connectivity index (χ2n) is 14.2. The number of likely N-dealkylation sites (tertiary alicyclic amines) is 1. The lowest BCUT2D eigenvalue weighted by molar-refractivity contribution is 0.0829. The summed E-state index contributed by atoms with van der Waals surface area (Å²) < 4.78 is 35.6. The summed E-state index contributed by atoms with van der Waals surface area (Å²) in [4.78, 5) is 19.1. The number of aryl methyl sites for hydroxylation is 1. The Morgan fingerprint density at radius 2 is 2.00 bits per heavy atom. The van der Waals surface area contributed by atoms with Crippen LogP contribution >= 0.6 is 0 Å². The SMILES string of the molecule is C=C1CN(C)C(CCC)(COc2nc(N3CCCOCC3)c3c(OC)nc(-c4c5c(cc6[nH]ncc46)CCCC5(C)C)c(F)c3n2)C1. The van der Waals surface area contributed by atoms with E-state index in [1.165, 1.54) is 11.1 Å². The summed E-state index contributed by atoms with van der Waals surface area (Å²) in [6.07, 6.45) is 8.33. The molecule has 250 valence electrons. The number of benzene rings is 1. The van der Waals surface area contributed by atoms with E-state index in [-0.39, 0.29) is 34.1 Å². The predicted molar refractivity (Wildman–Crippen MR) is 182 cm³/mol. The molecule has 1 unspecified atom stereocenters. The zero-order valence-corrected chi connectivity index (χ0v) is 28.3. The van der Waals surface area contributed by atoms with Crippen molar-refractivity contribution in [3.05, 3.63) is 41.4 Å². The number of hydrogen-bond donors (Lipinski definition) is 1. The summed E-state index contributed by atoms with van der Waals surface area (Å²) in [5.41, 5.74) is 5.00. The van der Waals surface area contributed by atoms with E-state index in [1.807, 2.05) is 0 Å². The van der Waals surface area contributed by atoms with Gasteiger partial charge in [-0.15, -0.1) is 0 Å². The molecule has 5 heterocycles. The number of rotatable bonds is 8.